The first-order chi connectivity index (χ1) is 9.88. The van der Waals surface area contributed by atoms with E-state index >= 15 is 0 Å². The minimum absolute atomic E-state index is 0.159. The Labute approximate surface area is 119 Å². The van der Waals surface area contributed by atoms with Crippen LogP contribution < -0.4 is 5.32 Å². The topological polar surface area (TPSA) is 48.7 Å². The maximum absolute atomic E-state index is 9.23. The molecule has 0 aliphatic heterocycles. The Bertz CT molecular complexity index is 624. The molecule has 0 saturated heterocycles. The molecule has 1 aliphatic rings. The van der Waals surface area contributed by atoms with Gasteiger partial charge in [0.15, 0.2) is 0 Å². The van der Waals surface area contributed by atoms with E-state index in [2.05, 4.69) is 40.6 Å². The first-order valence-corrected chi connectivity index (χ1v) is 7.34. The van der Waals surface area contributed by atoms with Crippen LogP contribution in [0.5, 0.6) is 0 Å². The molecule has 0 amide bonds. The highest BCUT2D eigenvalue weighted by Crippen LogP contribution is 2.24. The van der Waals surface area contributed by atoms with Crippen LogP contribution in [0.2, 0.25) is 0 Å². The van der Waals surface area contributed by atoms with Crippen molar-refractivity contribution in [3.8, 4) is 6.07 Å². The van der Waals surface area contributed by atoms with Gasteiger partial charge >= 0.3 is 0 Å². The molecule has 2 unspecified atom stereocenters. The highest BCUT2D eigenvalue weighted by Gasteiger charge is 2.24. The highest BCUT2D eigenvalue weighted by molar-refractivity contribution is 5.81. The summed E-state index contributed by atoms with van der Waals surface area (Å²) in [6.07, 6.45) is 6.39. The lowest BCUT2D eigenvalue weighted by molar-refractivity contribution is 0.311. The number of nitriles is 1. The second-order valence-corrected chi connectivity index (χ2v) is 5.50. The van der Waals surface area contributed by atoms with Crippen LogP contribution in [0.3, 0.4) is 0 Å². The third-order valence-corrected chi connectivity index (χ3v) is 4.20. The molecule has 102 valence electrons. The molecular weight excluding hydrogens is 246 g/mol. The van der Waals surface area contributed by atoms with E-state index in [9.17, 15) is 5.26 Å². The van der Waals surface area contributed by atoms with Crippen molar-refractivity contribution in [2.24, 2.45) is 5.92 Å². The maximum Gasteiger partial charge on any atom is 0.0746 e. The Morgan fingerprint density at radius 2 is 2.05 bits per heavy atom. The third-order valence-electron chi connectivity index (χ3n) is 4.20. The molecule has 3 rings (SSSR count). The quantitative estimate of drug-likeness (QED) is 0.925. The predicted molar refractivity (Wildman–Crippen MR) is 79.9 cm³/mol. The molecule has 1 N–H and O–H groups in total. The zero-order chi connectivity index (χ0) is 13.8. The standard InChI is InChI=1S/C17H19N3/c18-11-14-5-1-2-9-16(14)20-12-15-7-3-6-13-8-4-10-19-17(13)15/h3-4,6-8,10,14,16,20H,1-2,5,9,12H2. The van der Waals surface area contributed by atoms with Crippen molar-refractivity contribution in [2.75, 3.05) is 0 Å². The van der Waals surface area contributed by atoms with E-state index in [0.29, 0.717) is 6.04 Å². The summed E-state index contributed by atoms with van der Waals surface area (Å²) in [5.74, 6) is 0.159. The van der Waals surface area contributed by atoms with Crippen LogP contribution in [0.4, 0.5) is 0 Å². The van der Waals surface area contributed by atoms with Crippen molar-refractivity contribution < 1.29 is 0 Å². The van der Waals surface area contributed by atoms with Crippen LogP contribution >= 0.6 is 0 Å². The molecule has 2 atom stereocenters. The van der Waals surface area contributed by atoms with Gasteiger partial charge in [-0.05, 0) is 24.5 Å². The highest BCUT2D eigenvalue weighted by atomic mass is 14.9. The van der Waals surface area contributed by atoms with Crippen LogP contribution in [-0.4, -0.2) is 11.0 Å². The first kappa shape index (κ1) is 13.1. The van der Waals surface area contributed by atoms with Crippen molar-refractivity contribution >= 4 is 10.9 Å². The van der Waals surface area contributed by atoms with Crippen molar-refractivity contribution in [1.29, 1.82) is 5.26 Å². The van der Waals surface area contributed by atoms with Gasteiger partial charge in [-0.1, -0.05) is 37.1 Å². The summed E-state index contributed by atoms with van der Waals surface area (Å²) in [5.41, 5.74) is 2.28. The average molecular weight is 265 g/mol. The minimum Gasteiger partial charge on any atom is -0.309 e. The van der Waals surface area contributed by atoms with E-state index in [1.165, 1.54) is 23.8 Å². The SMILES string of the molecule is N#CC1CCCCC1NCc1cccc2cccnc12. The van der Waals surface area contributed by atoms with Crippen molar-refractivity contribution in [2.45, 2.75) is 38.3 Å². The number of fused-ring (bicyclic) bond motifs is 1. The van der Waals surface area contributed by atoms with E-state index in [0.717, 1.165) is 24.9 Å². The summed E-state index contributed by atoms with van der Waals surface area (Å²) in [6.45, 7) is 0.789. The third kappa shape index (κ3) is 2.66. The zero-order valence-electron chi connectivity index (χ0n) is 11.5. The second-order valence-electron chi connectivity index (χ2n) is 5.50. The lowest BCUT2D eigenvalue weighted by atomic mass is 9.85. The average Bonchev–Trinajstić information content (AvgIpc) is 2.53. The fourth-order valence-corrected chi connectivity index (χ4v) is 3.08. The van der Waals surface area contributed by atoms with Crippen molar-refractivity contribution in [3.05, 3.63) is 42.1 Å². The smallest absolute Gasteiger partial charge is 0.0746 e. The van der Waals surface area contributed by atoms with E-state index < -0.39 is 0 Å². The zero-order valence-corrected chi connectivity index (χ0v) is 11.5. The molecule has 1 fully saturated rings. The number of aromatic nitrogens is 1. The summed E-state index contributed by atoms with van der Waals surface area (Å²) in [5, 5.41) is 14.0. The lowest BCUT2D eigenvalue weighted by Crippen LogP contribution is -2.37. The number of hydrogen-bond donors (Lipinski definition) is 1. The Hall–Kier alpha value is -1.92. The first-order valence-electron chi connectivity index (χ1n) is 7.34. The van der Waals surface area contributed by atoms with Gasteiger partial charge in [0.1, 0.15) is 0 Å². The summed E-state index contributed by atoms with van der Waals surface area (Å²) < 4.78 is 0. The lowest BCUT2D eigenvalue weighted by Gasteiger charge is -2.27. The Morgan fingerprint density at radius 1 is 1.20 bits per heavy atom. The molecular formula is C17H19N3. The molecule has 1 aromatic heterocycles. The normalized spacial score (nSPS) is 22.6. The Kier molecular flexibility index (Phi) is 3.94. The van der Waals surface area contributed by atoms with Gasteiger partial charge in [0.05, 0.1) is 17.5 Å². The number of pyridine rings is 1. The minimum atomic E-state index is 0.159. The summed E-state index contributed by atoms with van der Waals surface area (Å²) >= 11 is 0. The van der Waals surface area contributed by atoms with Gasteiger partial charge in [-0.2, -0.15) is 5.26 Å². The molecule has 0 radical (unpaired) electrons. The molecule has 1 aliphatic carbocycles. The fraction of sp³-hybridized carbons (Fsp3) is 0.412. The molecule has 1 heterocycles. The largest absolute Gasteiger partial charge is 0.309 e. The number of nitrogens with zero attached hydrogens (tertiary/aromatic N) is 2. The monoisotopic (exact) mass is 265 g/mol. The molecule has 1 aromatic carbocycles. The van der Waals surface area contributed by atoms with E-state index in [4.69, 9.17) is 0 Å². The second kappa shape index (κ2) is 6.02. The van der Waals surface area contributed by atoms with Crippen molar-refractivity contribution in [1.82, 2.24) is 10.3 Å². The summed E-state index contributed by atoms with van der Waals surface area (Å²) in [4.78, 5) is 4.48. The van der Waals surface area contributed by atoms with Gasteiger partial charge < -0.3 is 5.32 Å². The van der Waals surface area contributed by atoms with Gasteiger partial charge in [0, 0.05) is 24.2 Å². The number of rotatable bonds is 3. The number of para-hydroxylation sites is 1. The Balaban J connectivity index is 1.75. The molecule has 2 aromatic rings. The van der Waals surface area contributed by atoms with E-state index in [1.807, 2.05) is 12.3 Å². The van der Waals surface area contributed by atoms with Gasteiger partial charge in [-0.3, -0.25) is 4.98 Å². The van der Waals surface area contributed by atoms with Crippen LogP contribution in [-0.2, 0) is 6.54 Å². The Morgan fingerprint density at radius 3 is 2.95 bits per heavy atom. The van der Waals surface area contributed by atoms with Crippen LogP contribution in [0, 0.1) is 17.2 Å². The van der Waals surface area contributed by atoms with Crippen LogP contribution in [0.1, 0.15) is 31.2 Å². The molecule has 3 heteroatoms. The molecule has 20 heavy (non-hydrogen) atoms. The van der Waals surface area contributed by atoms with Gasteiger partial charge in [0.2, 0.25) is 0 Å². The molecule has 0 bridgehead atoms. The van der Waals surface area contributed by atoms with Gasteiger partial charge in [-0.25, -0.2) is 0 Å². The van der Waals surface area contributed by atoms with Gasteiger partial charge in [0.25, 0.3) is 0 Å². The number of nitrogens with one attached hydrogen (secondary N) is 1. The molecule has 0 spiro atoms. The number of benzene rings is 1. The van der Waals surface area contributed by atoms with E-state index in [-0.39, 0.29) is 5.92 Å². The molecule has 3 nitrogen and oxygen atoms in total. The van der Waals surface area contributed by atoms with E-state index in [1.54, 1.807) is 0 Å². The van der Waals surface area contributed by atoms with Gasteiger partial charge in [-0.15, -0.1) is 0 Å². The number of hydrogen-bond acceptors (Lipinski definition) is 3. The fourth-order valence-electron chi connectivity index (χ4n) is 3.08. The summed E-state index contributed by atoms with van der Waals surface area (Å²) in [7, 11) is 0. The molecule has 1 saturated carbocycles. The van der Waals surface area contributed by atoms with Crippen molar-refractivity contribution in [3.63, 3.8) is 0 Å². The maximum atomic E-state index is 9.23. The predicted octanol–water partition coefficient (Wildman–Crippen LogP) is 3.41. The van der Waals surface area contributed by atoms with Crippen LogP contribution in [0.15, 0.2) is 36.5 Å². The van der Waals surface area contributed by atoms with Crippen LogP contribution in [0.25, 0.3) is 10.9 Å². The summed E-state index contributed by atoms with van der Waals surface area (Å²) in [6, 6.07) is 13.1.